The van der Waals surface area contributed by atoms with Crippen molar-refractivity contribution in [3.63, 3.8) is 0 Å². The minimum absolute atomic E-state index is 0.0808. The van der Waals surface area contributed by atoms with Crippen LogP contribution in [-0.4, -0.2) is 10.9 Å². The lowest BCUT2D eigenvalue weighted by Crippen LogP contribution is -2.00. The normalized spacial score (nSPS) is 10.8. The van der Waals surface area contributed by atoms with Crippen LogP contribution in [0.25, 0.3) is 0 Å². The van der Waals surface area contributed by atoms with Gasteiger partial charge >= 0.3 is 0 Å². The van der Waals surface area contributed by atoms with Crippen molar-refractivity contribution in [3.05, 3.63) is 88.1 Å². The SMILES string of the molecule is CC(=O)c1noc(C)c1Cc1ccc(CCc2ccc(F)cc2)cc1. The van der Waals surface area contributed by atoms with E-state index in [1.165, 1.54) is 24.6 Å². The third-order valence-electron chi connectivity index (χ3n) is 4.34. The van der Waals surface area contributed by atoms with Gasteiger partial charge in [0.2, 0.25) is 0 Å². The van der Waals surface area contributed by atoms with E-state index in [2.05, 4.69) is 29.4 Å². The van der Waals surface area contributed by atoms with Gasteiger partial charge in [0.25, 0.3) is 0 Å². The van der Waals surface area contributed by atoms with Gasteiger partial charge in [0, 0.05) is 18.9 Å². The van der Waals surface area contributed by atoms with Crippen molar-refractivity contribution in [3.8, 4) is 0 Å². The van der Waals surface area contributed by atoms with Crippen LogP contribution in [0.1, 0.15) is 45.4 Å². The average Bonchev–Trinajstić information content (AvgIpc) is 2.97. The molecule has 0 spiro atoms. The smallest absolute Gasteiger partial charge is 0.181 e. The Kier molecular flexibility index (Phi) is 5.08. The Bertz CT molecular complexity index is 864. The zero-order chi connectivity index (χ0) is 17.8. The Labute approximate surface area is 146 Å². The van der Waals surface area contributed by atoms with Crippen LogP contribution in [0.2, 0.25) is 0 Å². The van der Waals surface area contributed by atoms with Gasteiger partial charge in [-0.05, 0) is 48.6 Å². The van der Waals surface area contributed by atoms with Crippen LogP contribution in [-0.2, 0) is 19.3 Å². The highest BCUT2D eigenvalue weighted by Crippen LogP contribution is 2.19. The zero-order valence-electron chi connectivity index (χ0n) is 14.4. The van der Waals surface area contributed by atoms with Gasteiger partial charge in [0.05, 0.1) is 0 Å². The van der Waals surface area contributed by atoms with Crippen LogP contribution in [0.15, 0.2) is 53.1 Å². The number of rotatable bonds is 6. The fourth-order valence-corrected chi connectivity index (χ4v) is 2.84. The molecule has 0 amide bonds. The number of hydrogen-bond acceptors (Lipinski definition) is 3. The molecule has 0 bridgehead atoms. The summed E-state index contributed by atoms with van der Waals surface area (Å²) < 4.78 is 18.1. The number of halogens is 1. The topological polar surface area (TPSA) is 43.1 Å². The van der Waals surface area contributed by atoms with Crippen LogP contribution in [0, 0.1) is 12.7 Å². The van der Waals surface area contributed by atoms with Crippen molar-refractivity contribution in [2.45, 2.75) is 33.1 Å². The molecule has 0 N–H and O–H groups in total. The summed E-state index contributed by atoms with van der Waals surface area (Å²) in [5.41, 5.74) is 4.72. The molecule has 4 heteroatoms. The first-order valence-corrected chi connectivity index (χ1v) is 8.31. The maximum atomic E-state index is 12.9. The minimum Gasteiger partial charge on any atom is -0.361 e. The number of ketones is 1. The average molecular weight is 337 g/mol. The number of hydrogen-bond donors (Lipinski definition) is 0. The molecule has 0 aliphatic rings. The Balaban J connectivity index is 1.65. The molecule has 0 saturated carbocycles. The largest absolute Gasteiger partial charge is 0.361 e. The minimum atomic E-state index is -0.206. The first kappa shape index (κ1) is 17.1. The van der Waals surface area contributed by atoms with Crippen LogP contribution in [0.5, 0.6) is 0 Å². The third kappa shape index (κ3) is 4.21. The van der Waals surface area contributed by atoms with Gasteiger partial charge in [-0.2, -0.15) is 0 Å². The first-order chi connectivity index (χ1) is 12.0. The molecule has 3 aromatic rings. The van der Waals surface area contributed by atoms with Crippen LogP contribution >= 0.6 is 0 Å². The first-order valence-electron chi connectivity index (χ1n) is 8.31. The standard InChI is InChI=1S/C21H20FNO2/c1-14(24)21-20(15(2)25-23-21)13-18-7-5-16(6-8-18)3-4-17-9-11-19(22)12-10-17/h5-12H,3-4,13H2,1-2H3. The van der Waals surface area contributed by atoms with Gasteiger partial charge in [-0.1, -0.05) is 41.6 Å². The van der Waals surface area contributed by atoms with Gasteiger partial charge in [-0.25, -0.2) is 4.39 Å². The molecule has 0 unspecified atom stereocenters. The lowest BCUT2D eigenvalue weighted by atomic mass is 9.99. The highest BCUT2D eigenvalue weighted by atomic mass is 19.1. The van der Waals surface area contributed by atoms with Crippen LogP contribution < -0.4 is 0 Å². The molecule has 25 heavy (non-hydrogen) atoms. The molecule has 1 heterocycles. The Morgan fingerprint density at radius 3 is 2.04 bits per heavy atom. The van der Waals surface area contributed by atoms with E-state index in [0.717, 1.165) is 29.5 Å². The summed E-state index contributed by atoms with van der Waals surface area (Å²) in [5, 5.41) is 3.85. The van der Waals surface area contributed by atoms with E-state index in [-0.39, 0.29) is 11.6 Å². The summed E-state index contributed by atoms with van der Waals surface area (Å²) in [6.07, 6.45) is 2.40. The van der Waals surface area contributed by atoms with E-state index in [0.29, 0.717) is 17.9 Å². The number of Topliss-reactive ketones (excluding diaryl/α,β-unsaturated/α-hetero) is 1. The maximum Gasteiger partial charge on any atom is 0.181 e. The van der Waals surface area contributed by atoms with Gasteiger partial charge in [0.15, 0.2) is 11.5 Å². The van der Waals surface area contributed by atoms with Crippen LogP contribution in [0.4, 0.5) is 4.39 Å². The van der Waals surface area contributed by atoms with E-state index >= 15 is 0 Å². The number of aromatic nitrogens is 1. The number of aryl methyl sites for hydroxylation is 3. The third-order valence-corrected chi connectivity index (χ3v) is 4.34. The summed E-state index contributed by atoms with van der Waals surface area (Å²) in [7, 11) is 0. The Morgan fingerprint density at radius 1 is 0.960 bits per heavy atom. The van der Waals surface area contributed by atoms with E-state index in [9.17, 15) is 9.18 Å². The summed E-state index contributed by atoms with van der Waals surface area (Å²) in [4.78, 5) is 11.6. The van der Waals surface area contributed by atoms with Gasteiger partial charge in [-0.3, -0.25) is 4.79 Å². The predicted octanol–water partition coefficient (Wildman–Crippen LogP) is 4.70. The number of carbonyl (C=O) groups excluding carboxylic acids is 1. The summed E-state index contributed by atoms with van der Waals surface area (Å²) >= 11 is 0. The number of carbonyl (C=O) groups is 1. The van der Waals surface area contributed by atoms with E-state index in [4.69, 9.17) is 4.52 Å². The summed E-state index contributed by atoms with van der Waals surface area (Å²) in [6.45, 7) is 3.32. The quantitative estimate of drug-likeness (QED) is 0.612. The second-order valence-electron chi connectivity index (χ2n) is 6.24. The monoisotopic (exact) mass is 337 g/mol. The number of nitrogens with zero attached hydrogens (tertiary/aromatic N) is 1. The molecule has 1 aromatic heterocycles. The predicted molar refractivity (Wildman–Crippen MR) is 94.3 cm³/mol. The lowest BCUT2D eigenvalue weighted by Gasteiger charge is -2.05. The number of benzene rings is 2. The molecule has 2 aromatic carbocycles. The van der Waals surface area contributed by atoms with E-state index < -0.39 is 0 Å². The molecule has 3 rings (SSSR count). The van der Waals surface area contributed by atoms with Crippen molar-refractivity contribution in [1.29, 1.82) is 0 Å². The Hall–Kier alpha value is -2.75. The van der Waals surface area contributed by atoms with Gasteiger partial charge in [-0.15, -0.1) is 0 Å². The van der Waals surface area contributed by atoms with Crippen molar-refractivity contribution >= 4 is 5.78 Å². The molecule has 0 saturated heterocycles. The lowest BCUT2D eigenvalue weighted by molar-refractivity contribution is 0.100. The molecule has 3 nitrogen and oxygen atoms in total. The fourth-order valence-electron chi connectivity index (χ4n) is 2.84. The molecular weight excluding hydrogens is 317 g/mol. The van der Waals surface area contributed by atoms with Crippen molar-refractivity contribution in [1.82, 2.24) is 5.16 Å². The summed E-state index contributed by atoms with van der Waals surface area (Å²) in [5.74, 6) is 0.399. The van der Waals surface area contributed by atoms with E-state index in [1.807, 2.05) is 19.1 Å². The summed E-state index contributed by atoms with van der Waals surface area (Å²) in [6, 6.07) is 14.9. The molecule has 0 aliphatic carbocycles. The molecule has 0 fully saturated rings. The van der Waals surface area contributed by atoms with Crippen molar-refractivity contribution < 1.29 is 13.7 Å². The highest BCUT2D eigenvalue weighted by molar-refractivity contribution is 5.93. The maximum absolute atomic E-state index is 12.9. The van der Waals surface area contributed by atoms with Crippen molar-refractivity contribution in [2.75, 3.05) is 0 Å². The molecule has 0 atom stereocenters. The zero-order valence-corrected chi connectivity index (χ0v) is 14.4. The van der Waals surface area contributed by atoms with Gasteiger partial charge in [0.1, 0.15) is 11.6 Å². The second-order valence-corrected chi connectivity index (χ2v) is 6.24. The van der Waals surface area contributed by atoms with Gasteiger partial charge < -0.3 is 4.52 Å². The molecule has 0 radical (unpaired) electrons. The molecule has 0 aliphatic heterocycles. The van der Waals surface area contributed by atoms with Crippen LogP contribution in [0.3, 0.4) is 0 Å². The molecular formula is C21H20FNO2. The van der Waals surface area contributed by atoms with Crippen molar-refractivity contribution in [2.24, 2.45) is 0 Å². The molecule has 128 valence electrons. The Morgan fingerprint density at radius 2 is 1.48 bits per heavy atom. The van der Waals surface area contributed by atoms with E-state index in [1.54, 1.807) is 0 Å². The highest BCUT2D eigenvalue weighted by Gasteiger charge is 2.16. The fraction of sp³-hybridized carbons (Fsp3) is 0.238. The second kappa shape index (κ2) is 7.43.